The lowest BCUT2D eigenvalue weighted by Crippen LogP contribution is -2.42. The van der Waals surface area contributed by atoms with Gasteiger partial charge >= 0.3 is 0 Å². The number of carbonyl (C=O) groups is 3. The van der Waals surface area contributed by atoms with Crippen LogP contribution in [0.2, 0.25) is 0 Å². The number of nitrogens with one attached hydrogen (secondary N) is 3. The molecule has 4 rings (SSSR count). The molecular formula is C21H21N5O3. The third kappa shape index (κ3) is 3.82. The van der Waals surface area contributed by atoms with E-state index in [1.807, 2.05) is 35.9 Å². The van der Waals surface area contributed by atoms with Crippen molar-refractivity contribution in [2.24, 2.45) is 7.05 Å². The average Bonchev–Trinajstić information content (AvgIpc) is 2.99. The molecule has 0 radical (unpaired) electrons. The number of imidazole rings is 1. The first-order valence-corrected chi connectivity index (χ1v) is 9.40. The molecule has 1 atom stereocenters. The summed E-state index contributed by atoms with van der Waals surface area (Å²) in [5.41, 5.74) is 2.75. The summed E-state index contributed by atoms with van der Waals surface area (Å²) in [7, 11) is 1.90. The molecule has 1 aliphatic rings. The van der Waals surface area contributed by atoms with E-state index in [4.69, 9.17) is 0 Å². The van der Waals surface area contributed by atoms with Gasteiger partial charge in [-0.1, -0.05) is 24.3 Å². The number of carbonyl (C=O) groups excluding carboxylic acids is 3. The molecule has 0 aliphatic carbocycles. The normalized spacial score (nSPS) is 16.0. The van der Waals surface area contributed by atoms with E-state index < -0.39 is 6.04 Å². The molecule has 1 aromatic heterocycles. The average molecular weight is 391 g/mol. The van der Waals surface area contributed by atoms with Crippen molar-refractivity contribution in [1.82, 2.24) is 20.2 Å². The Morgan fingerprint density at radius 1 is 1.14 bits per heavy atom. The highest BCUT2D eigenvalue weighted by Crippen LogP contribution is 2.19. The summed E-state index contributed by atoms with van der Waals surface area (Å²) in [6, 6.07) is 13.8. The predicted molar refractivity (Wildman–Crippen MR) is 108 cm³/mol. The van der Waals surface area contributed by atoms with Gasteiger partial charge in [0.15, 0.2) is 0 Å². The molecule has 0 saturated heterocycles. The Morgan fingerprint density at radius 3 is 2.72 bits per heavy atom. The molecule has 0 fully saturated rings. The number of hydrogen-bond acceptors (Lipinski definition) is 4. The third-order valence-electron chi connectivity index (χ3n) is 5.03. The van der Waals surface area contributed by atoms with Crippen molar-refractivity contribution >= 4 is 34.4 Å². The summed E-state index contributed by atoms with van der Waals surface area (Å²) in [5.74, 6) is -0.119. The zero-order valence-corrected chi connectivity index (χ0v) is 15.9. The van der Waals surface area contributed by atoms with Crippen LogP contribution in [0.4, 0.5) is 5.69 Å². The van der Waals surface area contributed by atoms with Gasteiger partial charge in [0.1, 0.15) is 11.9 Å². The van der Waals surface area contributed by atoms with Gasteiger partial charge in [-0.05, 0) is 30.7 Å². The van der Waals surface area contributed by atoms with Gasteiger partial charge < -0.3 is 20.5 Å². The molecule has 3 N–H and O–H groups in total. The van der Waals surface area contributed by atoms with Crippen molar-refractivity contribution in [3.05, 3.63) is 59.9 Å². The molecule has 2 aromatic carbocycles. The van der Waals surface area contributed by atoms with Crippen LogP contribution in [0.3, 0.4) is 0 Å². The molecule has 3 aromatic rings. The van der Waals surface area contributed by atoms with E-state index in [1.165, 1.54) is 0 Å². The second kappa shape index (κ2) is 7.75. The van der Waals surface area contributed by atoms with Crippen LogP contribution >= 0.6 is 0 Å². The fraction of sp³-hybridized carbons (Fsp3) is 0.238. The molecule has 148 valence electrons. The lowest BCUT2D eigenvalue weighted by atomic mass is 10.1. The van der Waals surface area contributed by atoms with E-state index in [-0.39, 0.29) is 30.6 Å². The summed E-state index contributed by atoms with van der Waals surface area (Å²) in [5, 5.41) is 8.27. The predicted octanol–water partition coefficient (Wildman–Crippen LogP) is 1.72. The number of para-hydroxylation sites is 3. The first kappa shape index (κ1) is 18.7. The largest absolute Gasteiger partial charge is 0.349 e. The standard InChI is InChI=1S/C21H21N5O3/c1-26-17-9-5-4-8-15(17)23-18(26)12-22-19(27)11-10-16-21(29)24-14-7-3-2-6-13(14)20(28)25-16/h2-9,16H,10-12H2,1H3,(H,22,27)(H,24,29)(H,25,28)/t16-/m0/s1. The second-order valence-electron chi connectivity index (χ2n) is 6.95. The van der Waals surface area contributed by atoms with Crippen LogP contribution in [0.25, 0.3) is 11.0 Å². The first-order valence-electron chi connectivity index (χ1n) is 9.40. The Labute approximate surface area is 167 Å². The van der Waals surface area contributed by atoms with E-state index in [9.17, 15) is 14.4 Å². The lowest BCUT2D eigenvalue weighted by molar-refractivity contribution is -0.122. The van der Waals surface area contributed by atoms with Gasteiger partial charge in [0.2, 0.25) is 11.8 Å². The number of amides is 3. The van der Waals surface area contributed by atoms with Crippen molar-refractivity contribution in [3.63, 3.8) is 0 Å². The fourth-order valence-electron chi connectivity index (χ4n) is 3.41. The van der Waals surface area contributed by atoms with Gasteiger partial charge in [0.25, 0.3) is 5.91 Å². The molecular weight excluding hydrogens is 370 g/mol. The molecule has 0 bridgehead atoms. The Hall–Kier alpha value is -3.68. The number of nitrogens with zero attached hydrogens (tertiary/aromatic N) is 2. The van der Waals surface area contributed by atoms with Crippen LogP contribution in [-0.2, 0) is 23.2 Å². The second-order valence-corrected chi connectivity index (χ2v) is 6.95. The number of benzene rings is 2. The SMILES string of the molecule is Cn1c(CNC(=O)CC[C@@H]2NC(=O)c3ccccc3NC2=O)nc2ccccc21. The lowest BCUT2D eigenvalue weighted by Gasteiger charge is -2.14. The van der Waals surface area contributed by atoms with Crippen LogP contribution in [0.15, 0.2) is 48.5 Å². The number of aromatic nitrogens is 2. The van der Waals surface area contributed by atoms with Crippen molar-refractivity contribution < 1.29 is 14.4 Å². The Bertz CT molecular complexity index is 1100. The Morgan fingerprint density at radius 2 is 1.90 bits per heavy atom. The van der Waals surface area contributed by atoms with Crippen LogP contribution in [0.5, 0.6) is 0 Å². The molecule has 2 heterocycles. The minimum absolute atomic E-state index is 0.110. The van der Waals surface area contributed by atoms with Gasteiger partial charge in [-0.15, -0.1) is 0 Å². The van der Waals surface area contributed by atoms with Gasteiger partial charge in [0, 0.05) is 13.5 Å². The molecule has 8 heteroatoms. The molecule has 8 nitrogen and oxygen atoms in total. The van der Waals surface area contributed by atoms with E-state index in [1.54, 1.807) is 24.3 Å². The Kier molecular flexibility index (Phi) is 4.99. The zero-order chi connectivity index (χ0) is 20.4. The highest BCUT2D eigenvalue weighted by molar-refractivity contribution is 6.09. The highest BCUT2D eigenvalue weighted by Gasteiger charge is 2.27. The zero-order valence-electron chi connectivity index (χ0n) is 15.9. The monoisotopic (exact) mass is 391 g/mol. The molecule has 0 spiro atoms. The smallest absolute Gasteiger partial charge is 0.254 e. The topological polar surface area (TPSA) is 105 Å². The van der Waals surface area contributed by atoms with Gasteiger partial charge in [0.05, 0.1) is 28.8 Å². The fourth-order valence-corrected chi connectivity index (χ4v) is 3.41. The summed E-state index contributed by atoms with van der Waals surface area (Å²) in [6.07, 6.45) is 0.318. The number of fused-ring (bicyclic) bond motifs is 2. The number of aryl methyl sites for hydroxylation is 1. The maximum absolute atomic E-state index is 12.4. The summed E-state index contributed by atoms with van der Waals surface area (Å²) < 4.78 is 1.94. The van der Waals surface area contributed by atoms with E-state index in [0.717, 1.165) is 16.9 Å². The van der Waals surface area contributed by atoms with Crippen LogP contribution < -0.4 is 16.0 Å². The number of anilines is 1. The molecule has 29 heavy (non-hydrogen) atoms. The van der Waals surface area contributed by atoms with Gasteiger partial charge in [-0.3, -0.25) is 14.4 Å². The number of hydrogen-bond donors (Lipinski definition) is 3. The molecule has 0 saturated carbocycles. The van der Waals surface area contributed by atoms with Crippen molar-refractivity contribution in [2.75, 3.05) is 5.32 Å². The molecule has 0 unspecified atom stereocenters. The van der Waals surface area contributed by atoms with Crippen molar-refractivity contribution in [3.8, 4) is 0 Å². The minimum Gasteiger partial charge on any atom is -0.349 e. The number of rotatable bonds is 5. The minimum atomic E-state index is -0.767. The first-order chi connectivity index (χ1) is 14.0. The quantitative estimate of drug-likeness (QED) is 0.616. The molecule has 1 aliphatic heterocycles. The molecule has 3 amide bonds. The highest BCUT2D eigenvalue weighted by atomic mass is 16.2. The van der Waals surface area contributed by atoms with Crippen LogP contribution in [0, 0.1) is 0 Å². The van der Waals surface area contributed by atoms with Gasteiger partial charge in [-0.25, -0.2) is 4.98 Å². The van der Waals surface area contributed by atoms with Gasteiger partial charge in [-0.2, -0.15) is 0 Å². The van der Waals surface area contributed by atoms with E-state index in [2.05, 4.69) is 20.9 Å². The maximum Gasteiger partial charge on any atom is 0.254 e. The van der Waals surface area contributed by atoms with E-state index in [0.29, 0.717) is 17.8 Å². The van der Waals surface area contributed by atoms with E-state index >= 15 is 0 Å². The Balaban J connectivity index is 1.34. The van der Waals surface area contributed by atoms with Crippen molar-refractivity contribution in [2.45, 2.75) is 25.4 Å². The summed E-state index contributed by atoms with van der Waals surface area (Å²) >= 11 is 0. The van der Waals surface area contributed by atoms with Crippen molar-refractivity contribution in [1.29, 1.82) is 0 Å². The summed E-state index contributed by atoms with van der Waals surface area (Å²) in [6.45, 7) is 0.290. The van der Waals surface area contributed by atoms with Crippen LogP contribution in [0.1, 0.15) is 29.0 Å². The third-order valence-corrected chi connectivity index (χ3v) is 5.03. The summed E-state index contributed by atoms with van der Waals surface area (Å²) in [4.78, 5) is 41.5. The maximum atomic E-state index is 12.4. The van der Waals surface area contributed by atoms with Crippen LogP contribution in [-0.4, -0.2) is 33.3 Å².